The van der Waals surface area contributed by atoms with E-state index in [0.29, 0.717) is 16.1 Å². The Balaban J connectivity index is 2.20. The number of carbonyl (C=O) groups is 1. The van der Waals surface area contributed by atoms with Gasteiger partial charge in [-0.3, -0.25) is 4.55 Å². The van der Waals surface area contributed by atoms with Crippen molar-refractivity contribution in [3.63, 3.8) is 0 Å². The lowest BCUT2D eigenvalue weighted by Crippen LogP contribution is -2.21. The van der Waals surface area contributed by atoms with Crippen molar-refractivity contribution in [1.82, 2.24) is 0 Å². The van der Waals surface area contributed by atoms with Crippen LogP contribution in [0.1, 0.15) is 15.2 Å². The minimum Gasteiger partial charge on any atom is -0.477 e. The first kappa shape index (κ1) is 16.4. The quantitative estimate of drug-likeness (QED) is 0.660. The summed E-state index contributed by atoms with van der Waals surface area (Å²) >= 11 is -1.40. The molecule has 2 aromatic heterocycles. The summed E-state index contributed by atoms with van der Waals surface area (Å²) in [5.41, 5.74) is 2.10. The number of aromatic carboxylic acids is 1. The van der Waals surface area contributed by atoms with Gasteiger partial charge in [0.25, 0.3) is 11.3 Å². The third kappa shape index (κ3) is 2.99. The van der Waals surface area contributed by atoms with Crippen LogP contribution in [-0.2, 0) is 11.3 Å². The van der Waals surface area contributed by atoms with Crippen molar-refractivity contribution in [3.05, 3.63) is 59.4 Å². The van der Waals surface area contributed by atoms with Crippen molar-refractivity contribution in [2.24, 2.45) is 0 Å². The number of hydrogen-bond donors (Lipinski definition) is 2. The SMILES string of the molecule is Cc1ccccc1N(c1cc(-c2ccoc2)sc1C(=O)O)S(=O)O. The van der Waals surface area contributed by atoms with Crippen LogP contribution in [0, 0.1) is 6.92 Å². The summed E-state index contributed by atoms with van der Waals surface area (Å²) in [6, 6.07) is 10.3. The predicted octanol–water partition coefficient (Wildman–Crippen LogP) is 4.29. The van der Waals surface area contributed by atoms with Gasteiger partial charge in [-0.25, -0.2) is 13.3 Å². The van der Waals surface area contributed by atoms with Gasteiger partial charge in [0.1, 0.15) is 4.88 Å². The summed E-state index contributed by atoms with van der Waals surface area (Å²) in [4.78, 5) is 12.2. The Morgan fingerprint density at radius 1 is 1.25 bits per heavy atom. The molecule has 0 saturated carbocycles. The molecule has 8 heteroatoms. The van der Waals surface area contributed by atoms with Gasteiger partial charge in [0.15, 0.2) is 0 Å². The van der Waals surface area contributed by atoms with Crippen LogP contribution in [0.4, 0.5) is 11.4 Å². The fourth-order valence-electron chi connectivity index (χ4n) is 2.32. The first-order chi connectivity index (χ1) is 11.5. The Morgan fingerprint density at radius 3 is 2.58 bits per heavy atom. The van der Waals surface area contributed by atoms with Gasteiger partial charge in [0.05, 0.1) is 23.9 Å². The molecule has 1 atom stereocenters. The summed E-state index contributed by atoms with van der Waals surface area (Å²) in [7, 11) is 0. The highest BCUT2D eigenvalue weighted by atomic mass is 32.2. The Kier molecular flexibility index (Phi) is 4.52. The molecule has 1 aromatic carbocycles. The first-order valence-corrected chi connectivity index (χ1v) is 8.73. The number of nitrogens with zero attached hydrogens (tertiary/aromatic N) is 1. The van der Waals surface area contributed by atoms with E-state index < -0.39 is 17.2 Å². The van der Waals surface area contributed by atoms with E-state index in [1.807, 2.05) is 0 Å². The molecular weight excluding hydrogens is 350 g/mol. The van der Waals surface area contributed by atoms with Gasteiger partial charge < -0.3 is 9.52 Å². The Morgan fingerprint density at radius 2 is 2.00 bits per heavy atom. The fourth-order valence-corrected chi connectivity index (χ4v) is 4.03. The van der Waals surface area contributed by atoms with E-state index in [2.05, 4.69) is 0 Å². The molecule has 0 saturated heterocycles. The number of carboxylic acid groups (broad SMARTS) is 1. The topological polar surface area (TPSA) is 91.0 Å². The Labute approximate surface area is 144 Å². The van der Waals surface area contributed by atoms with E-state index in [-0.39, 0.29) is 10.6 Å². The number of benzene rings is 1. The Hall–Kier alpha value is -2.42. The minimum absolute atomic E-state index is 0.0168. The fraction of sp³-hybridized carbons (Fsp3) is 0.0625. The lowest BCUT2D eigenvalue weighted by Gasteiger charge is -2.21. The van der Waals surface area contributed by atoms with Gasteiger partial charge in [-0.2, -0.15) is 0 Å². The van der Waals surface area contributed by atoms with E-state index in [1.54, 1.807) is 43.3 Å². The van der Waals surface area contributed by atoms with Crippen LogP contribution in [0.3, 0.4) is 0 Å². The molecule has 6 nitrogen and oxygen atoms in total. The van der Waals surface area contributed by atoms with Crippen LogP contribution in [0.5, 0.6) is 0 Å². The van der Waals surface area contributed by atoms with Crippen LogP contribution in [-0.4, -0.2) is 19.8 Å². The molecule has 24 heavy (non-hydrogen) atoms. The summed E-state index contributed by atoms with van der Waals surface area (Å²) in [5.74, 6) is -1.16. The summed E-state index contributed by atoms with van der Waals surface area (Å²) in [6.45, 7) is 1.79. The van der Waals surface area contributed by atoms with Crippen molar-refractivity contribution in [2.45, 2.75) is 6.92 Å². The van der Waals surface area contributed by atoms with E-state index in [0.717, 1.165) is 21.2 Å². The molecule has 0 spiro atoms. The number of para-hydroxylation sites is 1. The largest absolute Gasteiger partial charge is 0.477 e. The number of carboxylic acids is 1. The van der Waals surface area contributed by atoms with Crippen molar-refractivity contribution in [2.75, 3.05) is 4.31 Å². The van der Waals surface area contributed by atoms with Gasteiger partial charge >= 0.3 is 5.97 Å². The van der Waals surface area contributed by atoms with Gasteiger partial charge in [-0.05, 0) is 30.7 Å². The van der Waals surface area contributed by atoms with E-state index in [4.69, 9.17) is 4.42 Å². The average Bonchev–Trinajstić information content (AvgIpc) is 3.18. The van der Waals surface area contributed by atoms with Gasteiger partial charge in [0.2, 0.25) is 0 Å². The standard InChI is InChI=1S/C16H13NO5S2/c1-10-4-2-3-5-12(10)17(24(20)21)13-8-14(11-6-7-22-9-11)23-15(13)16(18)19/h2-9H,1H3,(H,18,19)(H,20,21). The number of thiophene rings is 1. The zero-order chi connectivity index (χ0) is 17.3. The molecule has 2 N–H and O–H groups in total. The summed E-state index contributed by atoms with van der Waals surface area (Å²) in [6.07, 6.45) is 2.98. The molecule has 0 radical (unpaired) electrons. The second-order valence-corrected chi connectivity index (χ2v) is 6.83. The molecule has 124 valence electrons. The third-order valence-corrected chi connectivity index (χ3v) is 5.29. The van der Waals surface area contributed by atoms with Crippen LogP contribution >= 0.6 is 11.3 Å². The molecule has 0 aliphatic rings. The molecule has 0 fully saturated rings. The second-order valence-electron chi connectivity index (χ2n) is 4.95. The molecule has 0 aliphatic heterocycles. The second kappa shape index (κ2) is 6.60. The average molecular weight is 363 g/mol. The van der Waals surface area contributed by atoms with Gasteiger partial charge in [-0.15, -0.1) is 11.3 Å². The number of furan rings is 1. The maximum atomic E-state index is 12.0. The van der Waals surface area contributed by atoms with Crippen LogP contribution in [0.15, 0.2) is 53.3 Å². The maximum Gasteiger partial charge on any atom is 0.348 e. The lowest BCUT2D eigenvalue weighted by molar-refractivity contribution is 0.0703. The molecule has 3 rings (SSSR count). The molecular formula is C16H13NO5S2. The molecule has 1 unspecified atom stereocenters. The highest BCUT2D eigenvalue weighted by molar-refractivity contribution is 7.81. The number of aryl methyl sites for hydroxylation is 1. The smallest absolute Gasteiger partial charge is 0.348 e. The first-order valence-electron chi connectivity index (χ1n) is 6.85. The van der Waals surface area contributed by atoms with E-state index in [1.165, 1.54) is 12.5 Å². The molecule has 3 aromatic rings. The van der Waals surface area contributed by atoms with Gasteiger partial charge in [-0.1, -0.05) is 18.2 Å². The monoisotopic (exact) mass is 363 g/mol. The highest BCUT2D eigenvalue weighted by Gasteiger charge is 2.26. The maximum absolute atomic E-state index is 12.0. The number of anilines is 2. The lowest BCUT2D eigenvalue weighted by atomic mass is 10.2. The number of hydrogen-bond acceptors (Lipinski definition) is 4. The number of rotatable bonds is 5. The van der Waals surface area contributed by atoms with Crippen molar-refractivity contribution in [3.8, 4) is 10.4 Å². The normalized spacial score (nSPS) is 12.1. The minimum atomic E-state index is -2.42. The van der Waals surface area contributed by atoms with E-state index in [9.17, 15) is 18.7 Å². The zero-order valence-corrected chi connectivity index (χ0v) is 14.1. The highest BCUT2D eigenvalue weighted by Crippen LogP contribution is 2.41. The van der Waals surface area contributed by atoms with Gasteiger partial charge in [0, 0.05) is 10.4 Å². The molecule has 0 aliphatic carbocycles. The Bertz CT molecular complexity index is 901. The summed E-state index contributed by atoms with van der Waals surface area (Å²) in [5, 5.41) is 9.50. The molecule has 0 amide bonds. The van der Waals surface area contributed by atoms with Crippen molar-refractivity contribution >= 4 is 39.9 Å². The molecule has 2 heterocycles. The predicted molar refractivity (Wildman–Crippen MR) is 93.1 cm³/mol. The van der Waals surface area contributed by atoms with Crippen LogP contribution in [0.25, 0.3) is 10.4 Å². The van der Waals surface area contributed by atoms with E-state index >= 15 is 0 Å². The van der Waals surface area contributed by atoms with Crippen LogP contribution in [0.2, 0.25) is 0 Å². The zero-order valence-electron chi connectivity index (χ0n) is 12.5. The third-order valence-electron chi connectivity index (χ3n) is 3.42. The van der Waals surface area contributed by atoms with Crippen LogP contribution < -0.4 is 4.31 Å². The van der Waals surface area contributed by atoms with Crippen molar-refractivity contribution < 1.29 is 23.1 Å². The summed E-state index contributed by atoms with van der Waals surface area (Å²) < 4.78 is 27.9. The molecule has 0 bridgehead atoms. The van der Waals surface area contributed by atoms with Crippen molar-refractivity contribution in [1.29, 1.82) is 0 Å².